The van der Waals surface area contributed by atoms with Gasteiger partial charge in [0.15, 0.2) is 17.8 Å². The van der Waals surface area contributed by atoms with Gasteiger partial charge >= 0.3 is 5.97 Å². The van der Waals surface area contributed by atoms with Crippen LogP contribution in [0.3, 0.4) is 0 Å². The Kier molecular flexibility index (Phi) is 8.34. The zero-order valence-electron chi connectivity index (χ0n) is 15.2. The fraction of sp³-hybridized carbons (Fsp3) is 0.500. The molecule has 11 nitrogen and oxygen atoms in total. The van der Waals surface area contributed by atoms with Crippen LogP contribution in [0, 0.1) is 0 Å². The van der Waals surface area contributed by atoms with Gasteiger partial charge in [-0.2, -0.15) is 0 Å². The molecule has 0 aromatic heterocycles. The van der Waals surface area contributed by atoms with Gasteiger partial charge in [-0.15, -0.1) is 0 Å². The van der Waals surface area contributed by atoms with Crippen LogP contribution in [-0.4, -0.2) is 98.3 Å². The van der Waals surface area contributed by atoms with Crippen LogP contribution in [-0.2, 0) is 19.0 Å². The Balaban J connectivity index is 1.88. The third-order valence-electron chi connectivity index (χ3n) is 4.19. The molecule has 1 aromatic carbocycles. The van der Waals surface area contributed by atoms with Gasteiger partial charge < -0.3 is 50.0 Å². The van der Waals surface area contributed by atoms with E-state index in [1.165, 1.54) is 24.3 Å². The molecule has 0 aliphatic carbocycles. The van der Waals surface area contributed by atoms with Crippen LogP contribution in [0.25, 0.3) is 6.08 Å². The number of aliphatic hydroxyl groups excluding tert-OH is 5. The molecule has 1 aliphatic rings. The molecule has 0 saturated carbocycles. The van der Waals surface area contributed by atoms with Crippen molar-refractivity contribution in [3.05, 3.63) is 29.8 Å². The van der Waals surface area contributed by atoms with Gasteiger partial charge in [0.2, 0.25) is 0 Å². The Morgan fingerprint density at radius 1 is 1.10 bits per heavy atom. The number of hydrogen-bond acceptors (Lipinski definition) is 11. The van der Waals surface area contributed by atoms with E-state index >= 15 is 0 Å². The van der Waals surface area contributed by atoms with Crippen LogP contribution < -0.4 is 0 Å². The van der Waals surface area contributed by atoms with Crippen molar-refractivity contribution in [3.8, 4) is 11.5 Å². The summed E-state index contributed by atoms with van der Waals surface area (Å²) in [6.07, 6.45) is -6.14. The number of hydrogen-bond donors (Lipinski definition) is 7. The van der Waals surface area contributed by atoms with E-state index in [0.717, 1.165) is 6.08 Å². The Bertz CT molecular complexity index is 705. The first-order chi connectivity index (χ1) is 13.8. The highest BCUT2D eigenvalue weighted by Crippen LogP contribution is 2.25. The van der Waals surface area contributed by atoms with Crippen molar-refractivity contribution < 1.29 is 54.8 Å². The number of benzene rings is 1. The van der Waals surface area contributed by atoms with Gasteiger partial charge in [-0.05, 0) is 23.8 Å². The number of aromatic hydroxyl groups is 2. The fourth-order valence-electron chi connectivity index (χ4n) is 2.54. The van der Waals surface area contributed by atoms with Gasteiger partial charge in [0.25, 0.3) is 0 Å². The Labute approximate surface area is 165 Å². The summed E-state index contributed by atoms with van der Waals surface area (Å²) < 4.78 is 15.4. The molecule has 0 radical (unpaired) electrons. The predicted octanol–water partition coefficient (Wildman–Crippen LogP) is -2.17. The second-order valence-corrected chi connectivity index (χ2v) is 6.35. The molecule has 11 heteroatoms. The van der Waals surface area contributed by atoms with Crippen LogP contribution in [0.1, 0.15) is 5.56 Å². The first-order valence-electron chi connectivity index (χ1n) is 8.70. The lowest BCUT2D eigenvalue weighted by molar-refractivity contribution is -0.305. The molecule has 162 valence electrons. The zero-order chi connectivity index (χ0) is 21.6. The average molecular weight is 416 g/mol. The number of ether oxygens (including phenoxy) is 3. The summed E-state index contributed by atoms with van der Waals surface area (Å²) in [6, 6.07) is 3.92. The van der Waals surface area contributed by atoms with E-state index in [-0.39, 0.29) is 11.5 Å². The van der Waals surface area contributed by atoms with Gasteiger partial charge in [-0.3, -0.25) is 0 Å². The molecule has 1 aromatic rings. The highest BCUT2D eigenvalue weighted by atomic mass is 16.7. The number of carbonyl (C=O) groups is 1. The van der Waals surface area contributed by atoms with E-state index in [0.29, 0.717) is 5.56 Å². The topological polar surface area (TPSA) is 186 Å². The third-order valence-corrected chi connectivity index (χ3v) is 4.19. The maximum absolute atomic E-state index is 11.9. The molecular formula is C18H24O11. The van der Waals surface area contributed by atoms with Crippen molar-refractivity contribution in [2.75, 3.05) is 19.8 Å². The smallest absolute Gasteiger partial charge is 0.331 e. The van der Waals surface area contributed by atoms with Crippen molar-refractivity contribution in [1.29, 1.82) is 0 Å². The molecule has 1 saturated heterocycles. The number of esters is 1. The van der Waals surface area contributed by atoms with E-state index < -0.39 is 62.6 Å². The Morgan fingerprint density at radius 3 is 2.45 bits per heavy atom. The fourth-order valence-corrected chi connectivity index (χ4v) is 2.54. The van der Waals surface area contributed by atoms with Gasteiger partial charge in [-0.1, -0.05) is 6.07 Å². The van der Waals surface area contributed by atoms with Crippen LogP contribution in [0.4, 0.5) is 0 Å². The number of phenols is 2. The van der Waals surface area contributed by atoms with E-state index in [1.807, 2.05) is 0 Å². The molecule has 0 amide bonds. The largest absolute Gasteiger partial charge is 0.504 e. The number of carbonyl (C=O) groups excluding carboxylic acids is 1. The summed E-state index contributed by atoms with van der Waals surface area (Å²) in [4.78, 5) is 11.9. The van der Waals surface area contributed by atoms with E-state index in [9.17, 15) is 35.4 Å². The highest BCUT2D eigenvalue weighted by molar-refractivity contribution is 5.87. The van der Waals surface area contributed by atoms with E-state index in [2.05, 4.69) is 0 Å². The van der Waals surface area contributed by atoms with Gasteiger partial charge in [0.05, 0.1) is 19.8 Å². The van der Waals surface area contributed by atoms with Crippen LogP contribution in [0.15, 0.2) is 24.3 Å². The van der Waals surface area contributed by atoms with Crippen LogP contribution in [0.5, 0.6) is 11.5 Å². The Morgan fingerprint density at radius 2 is 1.83 bits per heavy atom. The second-order valence-electron chi connectivity index (χ2n) is 6.35. The van der Waals surface area contributed by atoms with E-state index in [1.54, 1.807) is 0 Å². The zero-order valence-corrected chi connectivity index (χ0v) is 15.2. The Hall–Kier alpha value is -2.25. The lowest BCUT2D eigenvalue weighted by atomic mass is 9.99. The summed E-state index contributed by atoms with van der Waals surface area (Å²) in [5, 5.41) is 66.4. The quantitative estimate of drug-likeness (QED) is 0.139. The first kappa shape index (κ1) is 23.0. The summed E-state index contributed by atoms with van der Waals surface area (Å²) in [6.45, 7) is -1.64. The second kappa shape index (κ2) is 10.5. The first-order valence-corrected chi connectivity index (χ1v) is 8.70. The SMILES string of the molecule is O=C(/C=C/c1ccc(O)c(O)c1)O[C@H](CO)CO[C@@H]1O[C@H](CO)[C@@H](O)[C@H](O)[C@H]1O. The van der Waals surface area contributed by atoms with Crippen molar-refractivity contribution in [2.45, 2.75) is 36.8 Å². The van der Waals surface area contributed by atoms with Gasteiger partial charge in [0, 0.05) is 6.08 Å². The minimum atomic E-state index is -1.62. The van der Waals surface area contributed by atoms with Crippen molar-refractivity contribution in [1.82, 2.24) is 0 Å². The molecule has 1 fully saturated rings. The maximum atomic E-state index is 11.9. The van der Waals surface area contributed by atoms with Crippen molar-refractivity contribution in [3.63, 3.8) is 0 Å². The monoisotopic (exact) mass is 416 g/mol. The summed E-state index contributed by atoms with van der Waals surface area (Å²) in [5.41, 5.74) is 0.412. The lowest BCUT2D eigenvalue weighted by Gasteiger charge is -2.39. The number of aliphatic hydroxyl groups is 5. The molecule has 1 heterocycles. The molecule has 0 unspecified atom stereocenters. The lowest BCUT2D eigenvalue weighted by Crippen LogP contribution is -2.59. The van der Waals surface area contributed by atoms with Crippen LogP contribution in [0.2, 0.25) is 0 Å². The minimum absolute atomic E-state index is 0.310. The summed E-state index contributed by atoms with van der Waals surface area (Å²) in [7, 11) is 0. The summed E-state index contributed by atoms with van der Waals surface area (Å²) in [5.74, 6) is -1.51. The standard InChI is InChI=1S/C18H24O11/c19-6-10(8-27-18-17(26)16(25)15(24)13(7-20)29-18)28-14(23)4-2-9-1-3-11(21)12(22)5-9/h1-5,10,13,15-22,24-26H,6-8H2/b4-2+/t10-,13-,15-,16+,17-,18-/m1/s1. The normalized spacial score (nSPS) is 28.4. The predicted molar refractivity (Wildman–Crippen MR) is 95.5 cm³/mol. The van der Waals surface area contributed by atoms with Crippen molar-refractivity contribution >= 4 is 12.0 Å². The molecular weight excluding hydrogens is 392 g/mol. The maximum Gasteiger partial charge on any atom is 0.331 e. The number of rotatable bonds is 8. The molecule has 2 rings (SSSR count). The van der Waals surface area contributed by atoms with Crippen LogP contribution >= 0.6 is 0 Å². The third kappa shape index (κ3) is 6.11. The molecule has 6 atom stereocenters. The molecule has 0 spiro atoms. The molecule has 1 aliphatic heterocycles. The highest BCUT2D eigenvalue weighted by Gasteiger charge is 2.44. The summed E-state index contributed by atoms with van der Waals surface area (Å²) >= 11 is 0. The minimum Gasteiger partial charge on any atom is -0.504 e. The molecule has 7 N–H and O–H groups in total. The van der Waals surface area contributed by atoms with E-state index in [4.69, 9.17) is 19.3 Å². The van der Waals surface area contributed by atoms with Crippen molar-refractivity contribution in [2.24, 2.45) is 0 Å². The van der Waals surface area contributed by atoms with Gasteiger partial charge in [0.1, 0.15) is 30.5 Å². The number of phenolic OH excluding ortho intramolecular Hbond substituents is 2. The molecule has 0 bridgehead atoms. The molecule has 29 heavy (non-hydrogen) atoms. The van der Waals surface area contributed by atoms with Gasteiger partial charge in [-0.25, -0.2) is 4.79 Å². The average Bonchev–Trinajstić information content (AvgIpc) is 2.71.